The number of hydrogen-bond donors (Lipinski definition) is 1. The lowest BCUT2D eigenvalue weighted by Gasteiger charge is -2.38. The molecule has 2 aromatic carbocycles. The van der Waals surface area contributed by atoms with E-state index in [1.807, 2.05) is 41.4 Å². The summed E-state index contributed by atoms with van der Waals surface area (Å²) in [4.78, 5) is 1.16. The number of phenols is 1. The molecule has 2 aliphatic rings. The molecule has 27 heavy (non-hydrogen) atoms. The first kappa shape index (κ1) is 16.2. The number of methoxy groups -OCH3 is 1. The van der Waals surface area contributed by atoms with E-state index in [0.717, 1.165) is 28.3 Å². The average molecular weight is 378 g/mol. The number of benzene rings is 2. The molecule has 6 heteroatoms. The molecule has 0 amide bonds. The van der Waals surface area contributed by atoms with Crippen LogP contribution in [0.25, 0.3) is 0 Å². The van der Waals surface area contributed by atoms with Gasteiger partial charge in [-0.2, -0.15) is 5.10 Å². The monoisotopic (exact) mass is 378 g/mol. The Kier molecular flexibility index (Phi) is 3.79. The summed E-state index contributed by atoms with van der Waals surface area (Å²) in [5, 5.41) is 19.6. The highest BCUT2D eigenvalue weighted by Crippen LogP contribution is 2.49. The number of aromatic hydroxyl groups is 1. The first-order valence-electron chi connectivity index (χ1n) is 8.77. The second-order valence-electron chi connectivity index (χ2n) is 6.53. The van der Waals surface area contributed by atoms with Crippen molar-refractivity contribution in [1.82, 2.24) is 5.01 Å². The molecule has 0 fully saturated rings. The van der Waals surface area contributed by atoms with E-state index in [2.05, 4.69) is 17.5 Å². The van der Waals surface area contributed by atoms with Crippen LogP contribution in [0, 0.1) is 0 Å². The lowest BCUT2D eigenvalue weighted by molar-refractivity contribution is -0.0205. The van der Waals surface area contributed by atoms with Crippen LogP contribution in [-0.2, 0) is 0 Å². The number of hydrogen-bond acceptors (Lipinski definition) is 6. The predicted octanol–water partition coefficient (Wildman–Crippen LogP) is 4.70. The third-order valence-electron chi connectivity index (χ3n) is 5.02. The van der Waals surface area contributed by atoms with Crippen LogP contribution in [0.2, 0.25) is 0 Å². The summed E-state index contributed by atoms with van der Waals surface area (Å²) in [6.07, 6.45) is 0.291. The van der Waals surface area contributed by atoms with Gasteiger partial charge in [0.15, 0.2) is 11.5 Å². The standard InChI is InChI=1S/C21H18N2O3S/c1-25-18-9-4-7-14(20(18)24)21-23-16(13-6-2-3-8-17(13)26-21)12-15(22-23)19-10-5-11-27-19/h2-11,16,21,24H,12H2,1H3/t16-,21-/m0/s1. The number of nitrogens with zero attached hydrogens (tertiary/aromatic N) is 2. The zero-order chi connectivity index (χ0) is 18.4. The van der Waals surface area contributed by atoms with Gasteiger partial charge in [-0.3, -0.25) is 0 Å². The van der Waals surface area contributed by atoms with Crippen LogP contribution in [0.15, 0.2) is 65.1 Å². The van der Waals surface area contributed by atoms with Gasteiger partial charge in [0.2, 0.25) is 6.23 Å². The Morgan fingerprint density at radius 1 is 1.11 bits per heavy atom. The maximum Gasteiger partial charge on any atom is 0.217 e. The normalized spacial score (nSPS) is 20.5. The van der Waals surface area contributed by atoms with Crippen molar-refractivity contribution in [2.24, 2.45) is 5.10 Å². The summed E-state index contributed by atoms with van der Waals surface area (Å²) in [6, 6.07) is 17.7. The average Bonchev–Trinajstić information content (AvgIpc) is 3.37. The molecular formula is C21H18N2O3S. The van der Waals surface area contributed by atoms with Gasteiger partial charge in [0.1, 0.15) is 5.75 Å². The lowest BCUT2D eigenvalue weighted by Crippen LogP contribution is -2.33. The quantitative estimate of drug-likeness (QED) is 0.717. The number of hydrazone groups is 1. The molecule has 2 aliphatic heterocycles. The van der Waals surface area contributed by atoms with Crippen LogP contribution < -0.4 is 9.47 Å². The molecule has 3 heterocycles. The molecule has 0 saturated carbocycles. The second-order valence-corrected chi connectivity index (χ2v) is 7.48. The van der Waals surface area contributed by atoms with Crippen molar-refractivity contribution in [1.29, 1.82) is 0 Å². The molecule has 0 spiro atoms. The van der Waals surface area contributed by atoms with E-state index in [0.29, 0.717) is 11.3 Å². The van der Waals surface area contributed by atoms with Gasteiger partial charge in [-0.05, 0) is 29.6 Å². The maximum absolute atomic E-state index is 10.7. The number of fused-ring (bicyclic) bond motifs is 3. The van der Waals surface area contributed by atoms with E-state index in [1.165, 1.54) is 0 Å². The molecule has 0 unspecified atom stereocenters. The van der Waals surface area contributed by atoms with Crippen molar-refractivity contribution >= 4 is 17.0 Å². The van der Waals surface area contributed by atoms with Crippen molar-refractivity contribution in [3.8, 4) is 17.2 Å². The van der Waals surface area contributed by atoms with Crippen LogP contribution in [0.1, 0.15) is 34.7 Å². The van der Waals surface area contributed by atoms with Gasteiger partial charge >= 0.3 is 0 Å². The molecule has 0 bridgehead atoms. The number of para-hydroxylation sites is 2. The minimum Gasteiger partial charge on any atom is -0.504 e. The molecule has 3 aromatic rings. The summed E-state index contributed by atoms with van der Waals surface area (Å²) in [6.45, 7) is 0. The highest BCUT2D eigenvalue weighted by molar-refractivity contribution is 7.12. The van der Waals surface area contributed by atoms with E-state index in [4.69, 9.17) is 14.6 Å². The van der Waals surface area contributed by atoms with Crippen LogP contribution in [0.5, 0.6) is 17.2 Å². The molecule has 1 aromatic heterocycles. The van der Waals surface area contributed by atoms with Crippen LogP contribution >= 0.6 is 11.3 Å². The third kappa shape index (κ3) is 2.56. The minimum atomic E-state index is -0.516. The van der Waals surface area contributed by atoms with Crippen LogP contribution in [0.3, 0.4) is 0 Å². The molecule has 0 aliphatic carbocycles. The second kappa shape index (κ2) is 6.32. The van der Waals surface area contributed by atoms with Gasteiger partial charge in [-0.25, -0.2) is 5.01 Å². The van der Waals surface area contributed by atoms with Crippen molar-refractivity contribution in [3.63, 3.8) is 0 Å². The Balaban J connectivity index is 1.63. The highest BCUT2D eigenvalue weighted by Gasteiger charge is 2.42. The highest BCUT2D eigenvalue weighted by atomic mass is 32.1. The number of ether oxygens (including phenoxy) is 2. The molecule has 136 valence electrons. The lowest BCUT2D eigenvalue weighted by atomic mass is 9.97. The van der Waals surface area contributed by atoms with Crippen LogP contribution in [0.4, 0.5) is 0 Å². The first-order chi connectivity index (χ1) is 13.3. The zero-order valence-corrected chi connectivity index (χ0v) is 15.5. The summed E-state index contributed by atoms with van der Waals surface area (Å²) < 4.78 is 11.6. The largest absolute Gasteiger partial charge is 0.504 e. The minimum absolute atomic E-state index is 0.0719. The van der Waals surface area contributed by atoms with E-state index in [9.17, 15) is 5.11 Å². The topological polar surface area (TPSA) is 54.3 Å². The fourth-order valence-electron chi connectivity index (χ4n) is 3.73. The van der Waals surface area contributed by atoms with E-state index in [1.54, 1.807) is 24.5 Å². The Labute approximate surface area is 161 Å². The fourth-order valence-corrected chi connectivity index (χ4v) is 4.46. The summed E-state index contributed by atoms with van der Waals surface area (Å²) in [7, 11) is 1.54. The smallest absolute Gasteiger partial charge is 0.217 e. The SMILES string of the molecule is COc1cccc([C@@H]2Oc3ccccc3[C@@H]3CC(c4cccs4)=NN32)c1O. The summed E-state index contributed by atoms with van der Waals surface area (Å²) >= 11 is 1.69. The predicted molar refractivity (Wildman–Crippen MR) is 105 cm³/mol. The van der Waals surface area contributed by atoms with Gasteiger partial charge < -0.3 is 14.6 Å². The molecule has 2 atom stereocenters. The van der Waals surface area contributed by atoms with E-state index >= 15 is 0 Å². The Morgan fingerprint density at radius 3 is 2.78 bits per heavy atom. The number of thiophene rings is 1. The molecule has 0 saturated heterocycles. The number of rotatable bonds is 3. The van der Waals surface area contributed by atoms with Crippen molar-refractivity contribution in [2.75, 3.05) is 7.11 Å². The molecule has 1 N–H and O–H groups in total. The van der Waals surface area contributed by atoms with Crippen molar-refractivity contribution in [2.45, 2.75) is 18.7 Å². The summed E-state index contributed by atoms with van der Waals surface area (Å²) in [5.74, 6) is 1.34. The van der Waals surface area contributed by atoms with Gasteiger partial charge in [-0.15, -0.1) is 11.3 Å². The Hall–Kier alpha value is -2.99. The van der Waals surface area contributed by atoms with Gasteiger partial charge in [0.05, 0.1) is 29.3 Å². The zero-order valence-electron chi connectivity index (χ0n) is 14.7. The maximum atomic E-state index is 10.7. The molecule has 0 radical (unpaired) electrons. The van der Waals surface area contributed by atoms with Crippen molar-refractivity contribution in [3.05, 3.63) is 76.0 Å². The van der Waals surface area contributed by atoms with Crippen molar-refractivity contribution < 1.29 is 14.6 Å². The fraction of sp³-hybridized carbons (Fsp3) is 0.190. The van der Waals surface area contributed by atoms with E-state index < -0.39 is 6.23 Å². The number of phenolic OH excluding ortho intramolecular Hbond substituents is 1. The van der Waals surface area contributed by atoms with Gasteiger partial charge in [-0.1, -0.05) is 30.3 Å². The Morgan fingerprint density at radius 2 is 1.96 bits per heavy atom. The molecule has 5 rings (SSSR count). The molecule has 5 nitrogen and oxygen atoms in total. The Bertz CT molecular complexity index is 1020. The third-order valence-corrected chi connectivity index (χ3v) is 5.94. The summed E-state index contributed by atoms with van der Waals surface area (Å²) in [5.41, 5.74) is 2.80. The van der Waals surface area contributed by atoms with Crippen LogP contribution in [-0.4, -0.2) is 22.9 Å². The first-order valence-corrected chi connectivity index (χ1v) is 9.65. The van der Waals surface area contributed by atoms with E-state index in [-0.39, 0.29) is 11.8 Å². The van der Waals surface area contributed by atoms with Gasteiger partial charge in [0, 0.05) is 12.0 Å². The molecular weight excluding hydrogens is 360 g/mol. The van der Waals surface area contributed by atoms with Gasteiger partial charge in [0.25, 0.3) is 0 Å².